The molecule has 120 valence electrons. The number of benzene rings is 2. The highest BCUT2D eigenvalue weighted by Gasteiger charge is 2.34. The van der Waals surface area contributed by atoms with Crippen LogP contribution >= 0.6 is 11.6 Å². The standard InChI is InChI=1S/C16H11ClF3NO2/c1-2-21-12-5-4-10(17)8-14(12)23-13-6-3-9(16(18,19)20)7-11(13)15(21)22/h3-8H,2H2,1H3. The van der Waals surface area contributed by atoms with E-state index in [1.54, 1.807) is 19.1 Å². The van der Waals surface area contributed by atoms with Gasteiger partial charge in [0.25, 0.3) is 5.91 Å². The molecule has 1 heterocycles. The molecule has 1 aliphatic rings. The Kier molecular flexibility index (Phi) is 3.72. The van der Waals surface area contributed by atoms with Crippen LogP contribution in [0.25, 0.3) is 0 Å². The number of carbonyl (C=O) groups is 1. The second-order valence-corrected chi connectivity index (χ2v) is 5.41. The molecule has 1 aliphatic heterocycles. The van der Waals surface area contributed by atoms with Gasteiger partial charge in [0.15, 0.2) is 5.75 Å². The number of hydrogen-bond acceptors (Lipinski definition) is 2. The topological polar surface area (TPSA) is 29.5 Å². The zero-order chi connectivity index (χ0) is 16.8. The molecule has 0 spiro atoms. The van der Waals surface area contributed by atoms with Gasteiger partial charge in [-0.25, -0.2) is 0 Å². The van der Waals surface area contributed by atoms with Crippen molar-refractivity contribution < 1.29 is 22.7 Å². The molecular formula is C16H11ClF3NO2. The van der Waals surface area contributed by atoms with Gasteiger partial charge in [-0.15, -0.1) is 0 Å². The predicted octanol–water partition coefficient (Wildman–Crippen LogP) is 5.13. The van der Waals surface area contributed by atoms with Gasteiger partial charge in [-0.2, -0.15) is 13.2 Å². The van der Waals surface area contributed by atoms with Crippen molar-refractivity contribution in [2.24, 2.45) is 0 Å². The maximum Gasteiger partial charge on any atom is 0.416 e. The molecule has 0 aromatic heterocycles. The summed E-state index contributed by atoms with van der Waals surface area (Å²) in [5.41, 5.74) is -0.561. The van der Waals surface area contributed by atoms with Gasteiger partial charge >= 0.3 is 6.18 Å². The second-order valence-electron chi connectivity index (χ2n) is 4.97. The maximum atomic E-state index is 12.9. The zero-order valence-electron chi connectivity index (χ0n) is 11.9. The Morgan fingerprint density at radius 3 is 2.52 bits per heavy atom. The molecule has 7 heteroatoms. The molecule has 0 saturated carbocycles. The van der Waals surface area contributed by atoms with Gasteiger partial charge in [-0.3, -0.25) is 4.79 Å². The molecule has 23 heavy (non-hydrogen) atoms. The molecule has 0 unspecified atom stereocenters. The molecule has 0 bridgehead atoms. The lowest BCUT2D eigenvalue weighted by atomic mass is 10.1. The highest BCUT2D eigenvalue weighted by molar-refractivity contribution is 6.31. The van der Waals surface area contributed by atoms with E-state index in [9.17, 15) is 18.0 Å². The van der Waals surface area contributed by atoms with E-state index in [1.807, 2.05) is 0 Å². The third-order valence-corrected chi connectivity index (χ3v) is 3.77. The van der Waals surface area contributed by atoms with Gasteiger partial charge in [0, 0.05) is 17.6 Å². The SMILES string of the molecule is CCN1C(=O)c2cc(C(F)(F)F)ccc2Oc2cc(Cl)ccc21. The summed E-state index contributed by atoms with van der Waals surface area (Å²) in [5, 5.41) is 0.405. The number of fused-ring (bicyclic) bond motifs is 2. The first-order chi connectivity index (χ1) is 10.8. The number of ether oxygens (including phenoxy) is 1. The van der Waals surface area contributed by atoms with Crippen molar-refractivity contribution in [3.63, 3.8) is 0 Å². The molecule has 0 saturated heterocycles. The minimum Gasteiger partial charge on any atom is -0.454 e. The van der Waals surface area contributed by atoms with E-state index in [-0.39, 0.29) is 17.9 Å². The summed E-state index contributed by atoms with van der Waals surface area (Å²) in [6, 6.07) is 7.58. The van der Waals surface area contributed by atoms with Crippen LogP contribution in [0, 0.1) is 0 Å². The fourth-order valence-electron chi connectivity index (χ4n) is 2.44. The van der Waals surface area contributed by atoms with Crippen molar-refractivity contribution in [1.82, 2.24) is 0 Å². The minimum absolute atomic E-state index is 0.0717. The average Bonchev–Trinajstić information content (AvgIpc) is 2.59. The van der Waals surface area contributed by atoms with Crippen molar-refractivity contribution >= 4 is 23.2 Å². The first kappa shape index (κ1) is 15.7. The number of carbonyl (C=O) groups excluding carboxylic acids is 1. The van der Waals surface area contributed by atoms with Crippen LogP contribution in [0.5, 0.6) is 11.5 Å². The van der Waals surface area contributed by atoms with Crippen molar-refractivity contribution in [1.29, 1.82) is 0 Å². The summed E-state index contributed by atoms with van der Waals surface area (Å²) < 4.78 is 44.3. The van der Waals surface area contributed by atoms with E-state index < -0.39 is 17.6 Å². The lowest BCUT2D eigenvalue weighted by molar-refractivity contribution is -0.137. The summed E-state index contributed by atoms with van der Waals surface area (Å²) in [7, 11) is 0. The van der Waals surface area contributed by atoms with E-state index in [4.69, 9.17) is 16.3 Å². The monoisotopic (exact) mass is 341 g/mol. The largest absolute Gasteiger partial charge is 0.454 e. The Morgan fingerprint density at radius 1 is 1.13 bits per heavy atom. The van der Waals surface area contributed by atoms with E-state index in [2.05, 4.69) is 0 Å². The molecule has 3 nitrogen and oxygen atoms in total. The average molecular weight is 342 g/mol. The number of amides is 1. The number of rotatable bonds is 1. The highest BCUT2D eigenvalue weighted by Crippen LogP contribution is 2.42. The van der Waals surface area contributed by atoms with Crippen LogP contribution in [0.3, 0.4) is 0 Å². The summed E-state index contributed by atoms with van der Waals surface area (Å²) >= 11 is 5.94. The molecule has 0 N–H and O–H groups in total. The quantitative estimate of drug-likeness (QED) is 0.719. The van der Waals surface area contributed by atoms with Crippen LogP contribution in [0.2, 0.25) is 5.02 Å². The number of nitrogens with zero attached hydrogens (tertiary/aromatic N) is 1. The van der Waals surface area contributed by atoms with Crippen LogP contribution in [-0.2, 0) is 6.18 Å². The van der Waals surface area contributed by atoms with Crippen molar-refractivity contribution in [2.75, 3.05) is 11.4 Å². The summed E-state index contributed by atoms with van der Waals surface area (Å²) in [5.74, 6) is -0.150. The molecule has 3 rings (SSSR count). The molecule has 2 aromatic rings. The predicted molar refractivity (Wildman–Crippen MR) is 80.3 cm³/mol. The van der Waals surface area contributed by atoms with Crippen LogP contribution in [-0.4, -0.2) is 12.5 Å². The molecular weight excluding hydrogens is 331 g/mol. The maximum absolute atomic E-state index is 12.9. The third kappa shape index (κ3) is 2.74. The summed E-state index contributed by atoms with van der Waals surface area (Å²) in [4.78, 5) is 14.0. The number of alkyl halides is 3. The normalized spacial score (nSPS) is 14.0. The van der Waals surface area contributed by atoms with E-state index in [0.717, 1.165) is 18.2 Å². The molecule has 0 aliphatic carbocycles. The first-order valence-electron chi connectivity index (χ1n) is 6.81. The van der Waals surface area contributed by atoms with Crippen LogP contribution in [0.4, 0.5) is 18.9 Å². The van der Waals surface area contributed by atoms with Crippen LogP contribution < -0.4 is 9.64 Å². The smallest absolute Gasteiger partial charge is 0.416 e. The Bertz CT molecular complexity index is 789. The Balaban J connectivity index is 2.19. The molecule has 0 atom stereocenters. The van der Waals surface area contributed by atoms with E-state index in [1.165, 1.54) is 11.0 Å². The third-order valence-electron chi connectivity index (χ3n) is 3.53. The number of hydrogen-bond donors (Lipinski definition) is 0. The van der Waals surface area contributed by atoms with Gasteiger partial charge in [-0.05, 0) is 37.3 Å². The van der Waals surface area contributed by atoms with Gasteiger partial charge in [0.05, 0.1) is 16.8 Å². The lowest BCUT2D eigenvalue weighted by Gasteiger charge is -2.20. The number of anilines is 1. The minimum atomic E-state index is -4.53. The fraction of sp³-hybridized carbons (Fsp3) is 0.188. The van der Waals surface area contributed by atoms with Crippen molar-refractivity contribution in [2.45, 2.75) is 13.1 Å². The molecule has 0 fully saturated rings. The second kappa shape index (κ2) is 5.45. The Hall–Kier alpha value is -2.21. The molecule has 0 radical (unpaired) electrons. The Labute approximate surface area is 135 Å². The van der Waals surface area contributed by atoms with Gasteiger partial charge in [0.1, 0.15) is 5.75 Å². The Morgan fingerprint density at radius 2 is 1.87 bits per heavy atom. The highest BCUT2D eigenvalue weighted by atomic mass is 35.5. The molecule has 1 amide bonds. The fourth-order valence-corrected chi connectivity index (χ4v) is 2.60. The number of halogens is 4. The van der Waals surface area contributed by atoms with Gasteiger partial charge in [-0.1, -0.05) is 11.6 Å². The van der Waals surface area contributed by atoms with Crippen molar-refractivity contribution in [3.05, 3.63) is 52.5 Å². The lowest BCUT2D eigenvalue weighted by Crippen LogP contribution is -2.30. The van der Waals surface area contributed by atoms with Crippen LogP contribution in [0.15, 0.2) is 36.4 Å². The van der Waals surface area contributed by atoms with Crippen molar-refractivity contribution in [3.8, 4) is 11.5 Å². The summed E-state index contributed by atoms with van der Waals surface area (Å²) in [6.07, 6.45) is -4.53. The summed E-state index contributed by atoms with van der Waals surface area (Å²) in [6.45, 7) is 2.02. The van der Waals surface area contributed by atoms with Crippen LogP contribution in [0.1, 0.15) is 22.8 Å². The van der Waals surface area contributed by atoms with E-state index in [0.29, 0.717) is 16.5 Å². The molecule has 2 aromatic carbocycles. The zero-order valence-corrected chi connectivity index (χ0v) is 12.7. The van der Waals surface area contributed by atoms with Gasteiger partial charge in [0.2, 0.25) is 0 Å². The van der Waals surface area contributed by atoms with E-state index >= 15 is 0 Å². The first-order valence-corrected chi connectivity index (χ1v) is 7.19. The van der Waals surface area contributed by atoms with Gasteiger partial charge < -0.3 is 9.64 Å².